The van der Waals surface area contributed by atoms with Gasteiger partial charge in [-0.15, -0.1) is 0 Å². The first-order valence-corrected chi connectivity index (χ1v) is 10.3. The molecular weight excluding hydrogens is 336 g/mol. The zero-order chi connectivity index (χ0) is 19.0. The van der Waals surface area contributed by atoms with Crippen LogP contribution in [-0.4, -0.2) is 20.6 Å². The Labute approximate surface area is 151 Å². The van der Waals surface area contributed by atoms with Gasteiger partial charge in [0, 0.05) is 5.69 Å². The third kappa shape index (κ3) is 4.84. The topological polar surface area (TPSA) is 75.3 Å². The second-order valence-corrected chi connectivity index (χ2v) is 9.55. The highest BCUT2D eigenvalue weighted by atomic mass is 32.2. The van der Waals surface area contributed by atoms with Crippen LogP contribution in [-0.2, 0) is 14.8 Å². The van der Waals surface area contributed by atoms with E-state index in [2.05, 4.69) is 30.0 Å². The lowest BCUT2D eigenvalue weighted by atomic mass is 10.1. The van der Waals surface area contributed by atoms with Crippen molar-refractivity contribution in [2.75, 3.05) is 11.0 Å². The number of allylic oxidation sites excluding steroid dienone is 2. The molecule has 0 radical (unpaired) electrons. The molecule has 1 aliphatic carbocycles. The van der Waals surface area contributed by atoms with Gasteiger partial charge in [0.2, 0.25) is 15.9 Å². The molecule has 0 aliphatic heterocycles. The molecule has 1 saturated carbocycles. The molecule has 2 N–H and O–H groups in total. The number of rotatable bonds is 6. The van der Waals surface area contributed by atoms with Gasteiger partial charge >= 0.3 is 0 Å². The molecule has 1 fully saturated rings. The molecule has 0 unspecified atom stereocenters. The van der Waals surface area contributed by atoms with E-state index in [4.69, 9.17) is 0 Å². The van der Waals surface area contributed by atoms with Crippen LogP contribution in [0.15, 0.2) is 35.9 Å². The first kappa shape index (κ1) is 19.5. The van der Waals surface area contributed by atoms with E-state index < -0.39 is 10.0 Å². The summed E-state index contributed by atoms with van der Waals surface area (Å²) in [6.07, 6.45) is 3.29. The van der Waals surface area contributed by atoms with E-state index in [0.29, 0.717) is 5.69 Å². The molecule has 138 valence electrons. The quantitative estimate of drug-likeness (QED) is 0.759. The van der Waals surface area contributed by atoms with E-state index in [9.17, 15) is 13.2 Å². The molecule has 0 saturated heterocycles. The summed E-state index contributed by atoms with van der Waals surface area (Å²) in [6.45, 7) is 10.2. The summed E-state index contributed by atoms with van der Waals surface area (Å²) in [5, 5.41) is 3.06. The fraction of sp³-hybridized carbons (Fsp3) is 0.526. The van der Waals surface area contributed by atoms with Crippen molar-refractivity contribution in [1.82, 2.24) is 5.32 Å². The predicted molar refractivity (Wildman–Crippen MR) is 102 cm³/mol. The fourth-order valence-electron chi connectivity index (χ4n) is 3.32. The van der Waals surface area contributed by atoms with Crippen molar-refractivity contribution in [2.24, 2.45) is 17.3 Å². The van der Waals surface area contributed by atoms with Crippen molar-refractivity contribution >= 4 is 21.6 Å². The van der Waals surface area contributed by atoms with Crippen LogP contribution in [0.5, 0.6) is 0 Å². The molecule has 3 atom stereocenters. The lowest BCUT2D eigenvalue weighted by Crippen LogP contribution is -2.29. The molecule has 6 heteroatoms. The van der Waals surface area contributed by atoms with Crippen molar-refractivity contribution in [2.45, 2.75) is 40.7 Å². The number of amides is 1. The van der Waals surface area contributed by atoms with Gasteiger partial charge in [-0.25, -0.2) is 8.42 Å². The van der Waals surface area contributed by atoms with E-state index in [-0.39, 0.29) is 29.2 Å². The van der Waals surface area contributed by atoms with E-state index in [0.717, 1.165) is 11.8 Å². The number of benzene rings is 1. The summed E-state index contributed by atoms with van der Waals surface area (Å²) in [4.78, 5) is 12.7. The van der Waals surface area contributed by atoms with Crippen molar-refractivity contribution in [1.29, 1.82) is 0 Å². The zero-order valence-corrected chi connectivity index (χ0v) is 16.6. The minimum absolute atomic E-state index is 0.0258. The van der Waals surface area contributed by atoms with Gasteiger partial charge in [0.1, 0.15) is 0 Å². The first-order valence-electron chi connectivity index (χ1n) is 8.45. The van der Waals surface area contributed by atoms with Gasteiger partial charge in [-0.3, -0.25) is 9.52 Å². The largest absolute Gasteiger partial charge is 0.349 e. The Morgan fingerprint density at radius 1 is 1.28 bits per heavy atom. The number of nitrogens with one attached hydrogen (secondary N) is 2. The highest BCUT2D eigenvalue weighted by molar-refractivity contribution is 7.92. The second-order valence-electron chi connectivity index (χ2n) is 7.80. The van der Waals surface area contributed by atoms with Gasteiger partial charge in [0.25, 0.3) is 0 Å². The number of hydrogen-bond donors (Lipinski definition) is 2. The van der Waals surface area contributed by atoms with E-state index >= 15 is 0 Å². The van der Waals surface area contributed by atoms with Crippen LogP contribution in [0.1, 0.15) is 46.2 Å². The van der Waals surface area contributed by atoms with Crippen LogP contribution < -0.4 is 10.0 Å². The molecule has 2 rings (SSSR count). The SMILES string of the molecule is CC(C)=C[C@@H]1[C@@H](C(=O)N[C@@H](C)c2cccc(NS(C)(=O)=O)c2)C1(C)C. The predicted octanol–water partition coefficient (Wildman–Crippen LogP) is 3.47. The lowest BCUT2D eigenvalue weighted by Gasteiger charge is -2.16. The molecular formula is C19H28N2O3S. The van der Waals surface area contributed by atoms with Crippen molar-refractivity contribution < 1.29 is 13.2 Å². The summed E-state index contributed by atoms with van der Waals surface area (Å²) in [6, 6.07) is 6.89. The Morgan fingerprint density at radius 3 is 2.48 bits per heavy atom. The maximum absolute atomic E-state index is 12.7. The lowest BCUT2D eigenvalue weighted by molar-refractivity contribution is -0.123. The third-order valence-corrected chi connectivity index (χ3v) is 5.36. The van der Waals surface area contributed by atoms with Crippen LogP contribution in [0.4, 0.5) is 5.69 Å². The first-order chi connectivity index (χ1) is 11.4. The third-order valence-electron chi connectivity index (χ3n) is 4.75. The van der Waals surface area contributed by atoms with Crippen molar-refractivity contribution in [3.63, 3.8) is 0 Å². The average molecular weight is 365 g/mol. The number of sulfonamides is 1. The highest BCUT2D eigenvalue weighted by Crippen LogP contribution is 2.59. The van der Waals surface area contributed by atoms with Crippen LogP contribution >= 0.6 is 0 Å². The Bertz CT molecular complexity index is 793. The highest BCUT2D eigenvalue weighted by Gasteiger charge is 2.60. The molecule has 25 heavy (non-hydrogen) atoms. The molecule has 1 aromatic carbocycles. The monoisotopic (exact) mass is 364 g/mol. The molecule has 0 heterocycles. The van der Waals surface area contributed by atoms with E-state index in [1.165, 1.54) is 5.57 Å². The summed E-state index contributed by atoms with van der Waals surface area (Å²) in [7, 11) is -3.32. The molecule has 1 aliphatic rings. The van der Waals surface area contributed by atoms with Crippen LogP contribution in [0.3, 0.4) is 0 Å². The second kappa shape index (κ2) is 6.83. The average Bonchev–Trinajstić information content (AvgIpc) is 2.97. The fourth-order valence-corrected chi connectivity index (χ4v) is 3.88. The van der Waals surface area contributed by atoms with Crippen molar-refractivity contribution in [3.05, 3.63) is 41.5 Å². The van der Waals surface area contributed by atoms with Crippen molar-refractivity contribution in [3.8, 4) is 0 Å². The van der Waals surface area contributed by atoms with Gasteiger partial charge in [-0.2, -0.15) is 0 Å². The summed E-state index contributed by atoms with van der Waals surface area (Å²) < 4.78 is 25.2. The number of carbonyl (C=O) groups is 1. The van der Waals surface area contributed by atoms with Crippen LogP contribution in [0, 0.1) is 17.3 Å². The Morgan fingerprint density at radius 2 is 1.92 bits per heavy atom. The Balaban J connectivity index is 2.07. The van der Waals surface area contributed by atoms with Gasteiger partial charge in [-0.05, 0) is 49.8 Å². The van der Waals surface area contributed by atoms with Crippen LogP contribution in [0.25, 0.3) is 0 Å². The van der Waals surface area contributed by atoms with Gasteiger partial charge in [-0.1, -0.05) is 37.6 Å². The number of anilines is 1. The van der Waals surface area contributed by atoms with Gasteiger partial charge < -0.3 is 5.32 Å². The summed E-state index contributed by atoms with van der Waals surface area (Å²) in [5.74, 6) is 0.284. The molecule has 1 aromatic rings. The molecule has 1 amide bonds. The number of carbonyl (C=O) groups excluding carboxylic acids is 1. The van der Waals surface area contributed by atoms with Gasteiger partial charge in [0.15, 0.2) is 0 Å². The zero-order valence-electron chi connectivity index (χ0n) is 15.8. The normalized spacial score (nSPS) is 22.6. The maximum Gasteiger partial charge on any atom is 0.229 e. The minimum Gasteiger partial charge on any atom is -0.349 e. The van der Waals surface area contributed by atoms with E-state index in [1.807, 2.05) is 26.8 Å². The molecule has 5 nitrogen and oxygen atoms in total. The number of hydrogen-bond acceptors (Lipinski definition) is 3. The summed E-state index contributed by atoms with van der Waals surface area (Å²) >= 11 is 0. The molecule has 0 spiro atoms. The standard InChI is InChI=1S/C19H28N2O3S/c1-12(2)10-16-17(19(16,4)5)18(22)20-13(3)14-8-7-9-15(11-14)21-25(6,23)24/h7-11,13,16-17,21H,1-6H3,(H,20,22)/t13-,16+,17-/m0/s1. The molecule has 0 aromatic heterocycles. The van der Waals surface area contributed by atoms with Crippen LogP contribution in [0.2, 0.25) is 0 Å². The van der Waals surface area contributed by atoms with Gasteiger partial charge in [0.05, 0.1) is 18.2 Å². The Kier molecular flexibility index (Phi) is 5.33. The van der Waals surface area contributed by atoms with E-state index in [1.54, 1.807) is 18.2 Å². The minimum atomic E-state index is -3.32. The maximum atomic E-state index is 12.7. The Hall–Kier alpha value is -1.82. The smallest absolute Gasteiger partial charge is 0.229 e. The summed E-state index contributed by atoms with van der Waals surface area (Å²) in [5.41, 5.74) is 2.55. The molecule has 0 bridgehead atoms.